The third-order valence-corrected chi connectivity index (χ3v) is 5.78. The predicted molar refractivity (Wildman–Crippen MR) is 135 cm³/mol. The van der Waals surface area contributed by atoms with Crippen LogP contribution in [0, 0.1) is 5.41 Å². The Kier molecular flexibility index (Phi) is 6.72. The van der Waals surface area contributed by atoms with E-state index in [9.17, 15) is 0 Å². The maximum atomic E-state index is 5.54. The van der Waals surface area contributed by atoms with E-state index < -0.39 is 0 Å². The molecule has 0 aliphatic heterocycles. The highest BCUT2D eigenvalue weighted by atomic mass is 16.5. The second-order valence-electron chi connectivity index (χ2n) is 7.83. The zero-order valence-corrected chi connectivity index (χ0v) is 18.6. The average molecular weight is 421 g/mol. The molecule has 3 aromatic carbocycles. The van der Waals surface area contributed by atoms with Gasteiger partial charge in [-0.2, -0.15) is 0 Å². The third-order valence-electron chi connectivity index (χ3n) is 5.78. The molecule has 32 heavy (non-hydrogen) atoms. The first-order valence-corrected chi connectivity index (χ1v) is 10.8. The Bertz CT molecular complexity index is 1110. The van der Waals surface area contributed by atoms with Crippen LogP contribution >= 0.6 is 0 Å². The largest absolute Gasteiger partial charge is 0.496 e. The molecular weight excluding hydrogens is 392 g/mol. The van der Waals surface area contributed by atoms with E-state index in [4.69, 9.17) is 9.47 Å². The minimum Gasteiger partial charge on any atom is -0.496 e. The van der Waals surface area contributed by atoms with Gasteiger partial charge in [-0.1, -0.05) is 109 Å². The Hall–Kier alpha value is -3.78. The van der Waals surface area contributed by atoms with Crippen molar-refractivity contribution in [2.45, 2.75) is 6.42 Å². The molecule has 0 bridgehead atoms. The van der Waals surface area contributed by atoms with Crippen LogP contribution in [0.5, 0.6) is 11.5 Å². The van der Waals surface area contributed by atoms with Crippen molar-refractivity contribution in [2.75, 3.05) is 14.2 Å². The molecule has 0 fully saturated rings. The van der Waals surface area contributed by atoms with E-state index in [0.29, 0.717) is 0 Å². The van der Waals surface area contributed by atoms with Gasteiger partial charge in [0.1, 0.15) is 11.5 Å². The smallest absolute Gasteiger partial charge is 0.126 e. The number of hydrogen-bond acceptors (Lipinski definition) is 2. The molecule has 4 rings (SSSR count). The number of rotatable bonds is 7. The zero-order chi connectivity index (χ0) is 22.2. The lowest BCUT2D eigenvalue weighted by molar-refractivity contribution is 0.414. The highest BCUT2D eigenvalue weighted by Gasteiger charge is 2.23. The fourth-order valence-corrected chi connectivity index (χ4v) is 3.91. The van der Waals surface area contributed by atoms with Gasteiger partial charge in [0.15, 0.2) is 0 Å². The summed E-state index contributed by atoms with van der Waals surface area (Å²) in [5.41, 5.74) is 4.36. The molecule has 0 unspecified atom stereocenters. The third kappa shape index (κ3) is 4.92. The van der Waals surface area contributed by atoms with Crippen LogP contribution in [0.25, 0.3) is 17.7 Å². The minimum atomic E-state index is -0.250. The molecule has 2 nitrogen and oxygen atoms in total. The summed E-state index contributed by atoms with van der Waals surface area (Å²) < 4.78 is 11.1. The van der Waals surface area contributed by atoms with Gasteiger partial charge in [-0.3, -0.25) is 0 Å². The van der Waals surface area contributed by atoms with Gasteiger partial charge >= 0.3 is 0 Å². The van der Waals surface area contributed by atoms with Gasteiger partial charge in [0.2, 0.25) is 0 Å². The van der Waals surface area contributed by atoms with Crippen molar-refractivity contribution in [3.63, 3.8) is 0 Å². The quantitative estimate of drug-likeness (QED) is 0.395. The maximum Gasteiger partial charge on any atom is 0.126 e. The van der Waals surface area contributed by atoms with Crippen molar-refractivity contribution in [1.82, 2.24) is 0 Å². The Balaban J connectivity index is 1.69. The molecule has 0 atom stereocenters. The van der Waals surface area contributed by atoms with Crippen molar-refractivity contribution in [2.24, 2.45) is 5.41 Å². The summed E-state index contributed by atoms with van der Waals surface area (Å²) in [7, 11) is 3.42. The number of allylic oxidation sites excluding steroid dienone is 6. The second kappa shape index (κ2) is 10.0. The predicted octanol–water partition coefficient (Wildman–Crippen LogP) is 7.46. The van der Waals surface area contributed by atoms with Crippen LogP contribution in [-0.2, 0) is 0 Å². The molecule has 0 saturated carbocycles. The standard InChI is InChI=1S/C30H28O2/c1-31-28-14-8-6-12-26(28)18-22-30(23-19-27-13-7-9-15-29(27)32-2)20-16-25(17-21-30)24-10-4-3-5-11-24/h3-20,22-23H,21H2,1-2H3/b22-18+,23-19+. The van der Waals surface area contributed by atoms with Crippen LogP contribution in [0.2, 0.25) is 0 Å². The Labute approximate surface area is 190 Å². The molecule has 1 aliphatic carbocycles. The first kappa shape index (κ1) is 21.5. The fraction of sp³-hybridized carbons (Fsp3) is 0.133. The van der Waals surface area contributed by atoms with E-state index in [0.717, 1.165) is 29.0 Å². The summed E-state index contributed by atoms with van der Waals surface area (Å²) in [4.78, 5) is 0. The highest BCUT2D eigenvalue weighted by Crippen LogP contribution is 2.38. The fourth-order valence-electron chi connectivity index (χ4n) is 3.91. The molecule has 0 aromatic heterocycles. The lowest BCUT2D eigenvalue weighted by Gasteiger charge is -2.26. The van der Waals surface area contributed by atoms with Crippen LogP contribution in [-0.4, -0.2) is 14.2 Å². The summed E-state index contributed by atoms with van der Waals surface area (Å²) in [5.74, 6) is 1.74. The summed E-state index contributed by atoms with van der Waals surface area (Å²) in [6, 6.07) is 26.7. The van der Waals surface area contributed by atoms with E-state index in [1.807, 2.05) is 42.5 Å². The van der Waals surface area contributed by atoms with Crippen LogP contribution in [0.3, 0.4) is 0 Å². The molecule has 0 amide bonds. The van der Waals surface area contributed by atoms with Crippen molar-refractivity contribution < 1.29 is 9.47 Å². The van der Waals surface area contributed by atoms with Crippen LogP contribution in [0.4, 0.5) is 0 Å². The molecule has 3 aromatic rings. The Morgan fingerprint density at radius 1 is 0.688 bits per heavy atom. The van der Waals surface area contributed by atoms with Crippen LogP contribution in [0.15, 0.2) is 109 Å². The highest BCUT2D eigenvalue weighted by molar-refractivity contribution is 5.76. The van der Waals surface area contributed by atoms with Gasteiger partial charge in [-0.05, 0) is 29.7 Å². The van der Waals surface area contributed by atoms with Crippen LogP contribution in [0.1, 0.15) is 23.1 Å². The van der Waals surface area contributed by atoms with E-state index >= 15 is 0 Å². The van der Waals surface area contributed by atoms with Gasteiger partial charge in [0, 0.05) is 16.5 Å². The molecule has 160 valence electrons. The first-order chi connectivity index (χ1) is 15.7. The molecular formula is C30H28O2. The van der Waals surface area contributed by atoms with Gasteiger partial charge in [0.25, 0.3) is 0 Å². The second-order valence-corrected chi connectivity index (χ2v) is 7.83. The van der Waals surface area contributed by atoms with Gasteiger partial charge < -0.3 is 9.47 Å². The molecule has 0 radical (unpaired) electrons. The number of hydrogen-bond donors (Lipinski definition) is 0. The number of ether oxygens (including phenoxy) is 2. The summed E-state index contributed by atoms with van der Waals surface area (Å²) >= 11 is 0. The maximum absolute atomic E-state index is 5.54. The Morgan fingerprint density at radius 2 is 1.22 bits per heavy atom. The van der Waals surface area contributed by atoms with Crippen molar-refractivity contribution in [3.05, 3.63) is 126 Å². The summed E-state index contributed by atoms with van der Waals surface area (Å²) in [5, 5.41) is 0. The van der Waals surface area contributed by atoms with E-state index in [-0.39, 0.29) is 5.41 Å². The summed E-state index contributed by atoms with van der Waals surface area (Å²) in [6.45, 7) is 0. The number of para-hydroxylation sites is 2. The Morgan fingerprint density at radius 3 is 1.72 bits per heavy atom. The molecule has 2 heteroatoms. The first-order valence-electron chi connectivity index (χ1n) is 10.8. The summed E-state index contributed by atoms with van der Waals surface area (Å²) in [6.07, 6.45) is 16.5. The van der Waals surface area contributed by atoms with Crippen molar-refractivity contribution in [3.8, 4) is 11.5 Å². The molecule has 0 N–H and O–H groups in total. The zero-order valence-electron chi connectivity index (χ0n) is 18.6. The van der Waals surface area contributed by atoms with E-state index in [1.54, 1.807) is 14.2 Å². The van der Waals surface area contributed by atoms with Crippen LogP contribution < -0.4 is 9.47 Å². The molecule has 0 spiro atoms. The van der Waals surface area contributed by atoms with Gasteiger partial charge in [0.05, 0.1) is 14.2 Å². The topological polar surface area (TPSA) is 18.5 Å². The SMILES string of the molecule is COc1ccccc1/C=C/C1(/C=C/c2ccccc2OC)C=CC(c2ccccc2)=CC1. The van der Waals surface area contributed by atoms with Crippen molar-refractivity contribution in [1.29, 1.82) is 0 Å². The van der Waals surface area contributed by atoms with Gasteiger partial charge in [-0.15, -0.1) is 0 Å². The molecule has 0 saturated heterocycles. The molecule has 0 heterocycles. The average Bonchev–Trinajstić information content (AvgIpc) is 2.87. The minimum absolute atomic E-state index is 0.250. The van der Waals surface area contributed by atoms with Crippen molar-refractivity contribution >= 4 is 17.7 Å². The van der Waals surface area contributed by atoms with E-state index in [2.05, 4.69) is 78.9 Å². The lowest BCUT2D eigenvalue weighted by atomic mass is 9.77. The molecule has 1 aliphatic rings. The lowest BCUT2D eigenvalue weighted by Crippen LogP contribution is -2.13. The normalized spacial score (nSPS) is 15.1. The van der Waals surface area contributed by atoms with E-state index in [1.165, 1.54) is 11.1 Å². The number of benzene rings is 3. The number of methoxy groups -OCH3 is 2. The monoisotopic (exact) mass is 420 g/mol. The van der Waals surface area contributed by atoms with Gasteiger partial charge in [-0.25, -0.2) is 0 Å².